The smallest absolute Gasteiger partial charge is 0.350 e. The Hall–Kier alpha value is -1.14. The number of unbranched alkanes of at least 4 members (excludes halogenated alkanes) is 4. The highest BCUT2D eigenvalue weighted by Gasteiger charge is 2.61. The summed E-state index contributed by atoms with van der Waals surface area (Å²) in [5, 5.41) is 0.276. The minimum absolute atomic E-state index is 0.0776. The molecule has 0 unspecified atom stereocenters. The molecule has 0 aromatic carbocycles. The molecule has 1 saturated carbocycles. The summed E-state index contributed by atoms with van der Waals surface area (Å²) < 4.78 is 16.6. The van der Waals surface area contributed by atoms with Crippen molar-refractivity contribution in [1.82, 2.24) is 0 Å². The molecule has 1 aliphatic heterocycles. The maximum atomic E-state index is 12.2. The summed E-state index contributed by atoms with van der Waals surface area (Å²) in [4.78, 5) is 24.0. The third kappa shape index (κ3) is 5.72. The lowest BCUT2D eigenvalue weighted by Gasteiger charge is -2.36. The van der Waals surface area contributed by atoms with Crippen molar-refractivity contribution >= 4 is 20.3 Å². The van der Waals surface area contributed by atoms with Gasteiger partial charge in [0.15, 0.2) is 8.32 Å². The standard InChI is InChI=1S/C23H40O5Si/c1-22(2,3)29(5,6)27-16-12-10-8-7-9-11-13-18-14-15-23(21(25)26-4)19(18)17-20(24)28-23/h11,13,18-19H,7-10,12,14-17H2,1-6H3/t18-,19+,23+/m0/s1. The fraction of sp³-hybridized carbons (Fsp3) is 0.826. The molecule has 6 heteroatoms. The summed E-state index contributed by atoms with van der Waals surface area (Å²) in [5.41, 5.74) is -1.04. The molecule has 0 spiro atoms. The largest absolute Gasteiger partial charge is 0.466 e. The third-order valence-electron chi connectivity index (χ3n) is 7.10. The van der Waals surface area contributed by atoms with Crippen molar-refractivity contribution in [2.45, 2.75) is 95.9 Å². The molecule has 0 aromatic heterocycles. The van der Waals surface area contributed by atoms with Crippen molar-refractivity contribution < 1.29 is 23.5 Å². The lowest BCUT2D eigenvalue weighted by Crippen LogP contribution is -2.42. The first kappa shape index (κ1) is 24.1. The van der Waals surface area contributed by atoms with Gasteiger partial charge in [0.2, 0.25) is 5.60 Å². The van der Waals surface area contributed by atoms with Gasteiger partial charge in [-0.15, -0.1) is 0 Å². The summed E-state index contributed by atoms with van der Waals surface area (Å²) in [6.07, 6.45) is 11.9. The van der Waals surface area contributed by atoms with Crippen LogP contribution in [-0.4, -0.2) is 39.6 Å². The highest BCUT2D eigenvalue weighted by Crippen LogP contribution is 2.50. The monoisotopic (exact) mass is 424 g/mol. The van der Waals surface area contributed by atoms with E-state index < -0.39 is 19.9 Å². The van der Waals surface area contributed by atoms with Crippen LogP contribution in [0.1, 0.15) is 72.1 Å². The molecule has 2 fully saturated rings. The molecule has 1 saturated heterocycles. The van der Waals surface area contributed by atoms with E-state index in [0.29, 0.717) is 12.8 Å². The van der Waals surface area contributed by atoms with Crippen LogP contribution in [0, 0.1) is 11.8 Å². The Labute approximate surface area is 177 Å². The minimum atomic E-state index is -1.61. The van der Waals surface area contributed by atoms with Crippen molar-refractivity contribution in [3.05, 3.63) is 12.2 Å². The Morgan fingerprint density at radius 2 is 1.93 bits per heavy atom. The molecule has 0 radical (unpaired) electrons. The highest BCUT2D eigenvalue weighted by atomic mass is 28.4. The number of rotatable bonds is 10. The quantitative estimate of drug-likeness (QED) is 0.203. The molecular formula is C23H40O5Si. The van der Waals surface area contributed by atoms with Crippen molar-refractivity contribution in [3.63, 3.8) is 0 Å². The summed E-state index contributed by atoms with van der Waals surface area (Å²) in [5.74, 6) is -0.535. The van der Waals surface area contributed by atoms with E-state index in [4.69, 9.17) is 13.9 Å². The first-order chi connectivity index (χ1) is 13.5. The Bertz CT molecular complexity index is 607. The van der Waals surface area contributed by atoms with Gasteiger partial charge >= 0.3 is 11.9 Å². The molecule has 0 amide bonds. The van der Waals surface area contributed by atoms with Crippen LogP contribution in [0.3, 0.4) is 0 Å². The number of carbonyl (C=O) groups excluding carboxylic acids is 2. The Kier molecular flexibility index (Phi) is 8.13. The van der Waals surface area contributed by atoms with Gasteiger partial charge in [-0.2, -0.15) is 0 Å². The van der Waals surface area contributed by atoms with Crippen molar-refractivity contribution in [2.75, 3.05) is 13.7 Å². The Balaban J connectivity index is 1.65. The van der Waals surface area contributed by atoms with Gasteiger partial charge in [0.05, 0.1) is 13.5 Å². The van der Waals surface area contributed by atoms with Crippen molar-refractivity contribution in [2.24, 2.45) is 11.8 Å². The lowest BCUT2D eigenvalue weighted by atomic mass is 9.85. The van der Waals surface area contributed by atoms with Crippen LogP contribution >= 0.6 is 0 Å². The van der Waals surface area contributed by atoms with E-state index in [0.717, 1.165) is 32.3 Å². The fourth-order valence-corrected chi connectivity index (χ4v) is 5.30. The van der Waals surface area contributed by atoms with E-state index in [1.165, 1.54) is 20.0 Å². The van der Waals surface area contributed by atoms with Gasteiger partial charge in [0.25, 0.3) is 0 Å². The number of hydrogen-bond acceptors (Lipinski definition) is 5. The fourth-order valence-electron chi connectivity index (χ4n) is 4.21. The second-order valence-electron chi connectivity index (χ2n) is 10.1. The zero-order valence-electron chi connectivity index (χ0n) is 19.2. The van der Waals surface area contributed by atoms with Crippen LogP contribution in [0.15, 0.2) is 12.2 Å². The van der Waals surface area contributed by atoms with Gasteiger partial charge in [-0.3, -0.25) is 4.79 Å². The van der Waals surface area contributed by atoms with E-state index in [-0.39, 0.29) is 22.8 Å². The van der Waals surface area contributed by atoms with Crippen LogP contribution in [0.2, 0.25) is 18.1 Å². The number of ether oxygens (including phenoxy) is 2. The first-order valence-electron chi connectivity index (χ1n) is 11.1. The number of methoxy groups -OCH3 is 1. The normalized spacial score (nSPS) is 27.3. The van der Waals surface area contributed by atoms with Crippen LogP contribution < -0.4 is 0 Å². The van der Waals surface area contributed by atoms with Crippen molar-refractivity contribution in [1.29, 1.82) is 0 Å². The van der Waals surface area contributed by atoms with Gasteiger partial charge < -0.3 is 13.9 Å². The third-order valence-corrected chi connectivity index (χ3v) is 11.6. The molecule has 166 valence electrons. The predicted molar refractivity (Wildman–Crippen MR) is 117 cm³/mol. The minimum Gasteiger partial charge on any atom is -0.466 e. The molecule has 0 bridgehead atoms. The number of esters is 2. The van der Waals surface area contributed by atoms with E-state index in [1.54, 1.807) is 0 Å². The molecule has 5 nitrogen and oxygen atoms in total. The van der Waals surface area contributed by atoms with Gasteiger partial charge in [0.1, 0.15) is 0 Å². The molecule has 2 rings (SSSR count). The molecule has 29 heavy (non-hydrogen) atoms. The van der Waals surface area contributed by atoms with Gasteiger partial charge in [-0.1, -0.05) is 45.8 Å². The molecule has 1 heterocycles. The van der Waals surface area contributed by atoms with Crippen LogP contribution in [0.25, 0.3) is 0 Å². The summed E-state index contributed by atoms with van der Waals surface area (Å²) in [6.45, 7) is 12.3. The maximum Gasteiger partial charge on any atom is 0.350 e. The van der Waals surface area contributed by atoms with Gasteiger partial charge in [-0.05, 0) is 56.2 Å². The molecule has 1 aliphatic carbocycles. The van der Waals surface area contributed by atoms with Crippen LogP contribution in [0.4, 0.5) is 0 Å². The summed E-state index contributed by atoms with van der Waals surface area (Å²) >= 11 is 0. The SMILES string of the molecule is COC(=O)[C@@]12CC[C@H](C=CCCCCCCO[Si](C)(C)C(C)(C)C)[C@H]1CC(=O)O2. The molecule has 0 aromatic rings. The molecule has 0 N–H and O–H groups in total. The molecular weight excluding hydrogens is 384 g/mol. The number of fused-ring (bicyclic) bond motifs is 1. The zero-order valence-corrected chi connectivity index (χ0v) is 20.2. The van der Waals surface area contributed by atoms with Gasteiger partial charge in [-0.25, -0.2) is 4.79 Å². The lowest BCUT2D eigenvalue weighted by molar-refractivity contribution is -0.173. The first-order valence-corrected chi connectivity index (χ1v) is 14.1. The zero-order chi connectivity index (χ0) is 21.7. The van der Waals surface area contributed by atoms with E-state index in [9.17, 15) is 9.59 Å². The Morgan fingerprint density at radius 1 is 1.24 bits per heavy atom. The second-order valence-corrected chi connectivity index (χ2v) is 14.9. The van der Waals surface area contributed by atoms with Crippen LogP contribution in [-0.2, 0) is 23.5 Å². The Morgan fingerprint density at radius 3 is 2.59 bits per heavy atom. The maximum absolute atomic E-state index is 12.2. The summed E-state index contributed by atoms with van der Waals surface area (Å²) in [7, 11) is -0.251. The average Bonchev–Trinajstić information content (AvgIpc) is 3.14. The van der Waals surface area contributed by atoms with Gasteiger partial charge in [0, 0.05) is 12.5 Å². The average molecular weight is 425 g/mol. The molecule has 2 aliphatic rings. The predicted octanol–water partition coefficient (Wildman–Crippen LogP) is 5.40. The highest BCUT2D eigenvalue weighted by molar-refractivity contribution is 6.74. The van der Waals surface area contributed by atoms with Crippen molar-refractivity contribution in [3.8, 4) is 0 Å². The topological polar surface area (TPSA) is 61.8 Å². The van der Waals surface area contributed by atoms with Crippen LogP contribution in [0.5, 0.6) is 0 Å². The van der Waals surface area contributed by atoms with E-state index >= 15 is 0 Å². The number of carbonyl (C=O) groups is 2. The second kappa shape index (κ2) is 9.78. The molecule has 3 atom stereocenters. The summed E-state index contributed by atoms with van der Waals surface area (Å²) in [6, 6.07) is 0. The number of hydrogen-bond donors (Lipinski definition) is 0. The van der Waals surface area contributed by atoms with E-state index in [2.05, 4.69) is 46.0 Å². The number of allylic oxidation sites excluding steroid dienone is 2. The van der Waals surface area contributed by atoms with E-state index in [1.807, 2.05) is 0 Å².